The highest BCUT2D eigenvalue weighted by Crippen LogP contribution is 2.37. The monoisotopic (exact) mass is 264 g/mol. The lowest BCUT2D eigenvalue weighted by atomic mass is 10.2. The molecule has 0 radical (unpaired) electrons. The lowest BCUT2D eigenvalue weighted by Gasteiger charge is -2.25. The van der Waals surface area contributed by atoms with Gasteiger partial charge in [-0.1, -0.05) is 0 Å². The number of hydrogen-bond donors (Lipinski definition) is 2. The first-order valence-electron chi connectivity index (χ1n) is 5.20. The minimum absolute atomic E-state index is 0.380. The van der Waals surface area contributed by atoms with Gasteiger partial charge in [-0.05, 0) is 30.7 Å². The van der Waals surface area contributed by atoms with Crippen molar-refractivity contribution in [3.63, 3.8) is 0 Å². The highest BCUT2D eigenvalue weighted by Gasteiger charge is 2.32. The Morgan fingerprint density at radius 3 is 2.06 bits per heavy atom. The summed E-state index contributed by atoms with van der Waals surface area (Å²) in [5, 5.41) is 6.05. The molecular formula is C10H12F3N2OP. The fourth-order valence-electron chi connectivity index (χ4n) is 1.66. The fourth-order valence-corrected chi connectivity index (χ4v) is 3.65. The summed E-state index contributed by atoms with van der Waals surface area (Å²) in [6, 6.07) is 4.42. The number of halogens is 3. The molecule has 1 aliphatic heterocycles. The Bertz CT molecular complexity index is 434. The van der Waals surface area contributed by atoms with Crippen molar-refractivity contribution in [2.45, 2.75) is 12.6 Å². The third kappa shape index (κ3) is 2.70. The van der Waals surface area contributed by atoms with Crippen LogP contribution in [0, 0.1) is 0 Å². The van der Waals surface area contributed by atoms with Crippen molar-refractivity contribution in [2.75, 3.05) is 13.1 Å². The van der Waals surface area contributed by atoms with Gasteiger partial charge in [0.15, 0.2) is 0 Å². The SMILES string of the molecule is O=P1(c2ccc(C(F)(F)F)cc2)NCCCN1. The molecule has 1 aliphatic rings. The van der Waals surface area contributed by atoms with Gasteiger partial charge in [0, 0.05) is 18.4 Å². The molecule has 0 aromatic heterocycles. The molecule has 7 heteroatoms. The van der Waals surface area contributed by atoms with Crippen molar-refractivity contribution in [1.29, 1.82) is 0 Å². The molecule has 1 heterocycles. The molecule has 3 nitrogen and oxygen atoms in total. The van der Waals surface area contributed by atoms with Gasteiger partial charge in [-0.3, -0.25) is 14.7 Å². The normalized spacial score (nSPS) is 20.2. The molecular weight excluding hydrogens is 252 g/mol. The molecule has 94 valence electrons. The number of nitrogens with one attached hydrogen (secondary N) is 2. The zero-order valence-electron chi connectivity index (χ0n) is 8.92. The Balaban J connectivity index is 2.26. The van der Waals surface area contributed by atoms with Crippen molar-refractivity contribution in [3.8, 4) is 0 Å². The van der Waals surface area contributed by atoms with Crippen molar-refractivity contribution < 1.29 is 17.7 Å². The van der Waals surface area contributed by atoms with E-state index in [2.05, 4.69) is 10.2 Å². The largest absolute Gasteiger partial charge is 0.416 e. The van der Waals surface area contributed by atoms with Crippen molar-refractivity contribution in [3.05, 3.63) is 29.8 Å². The van der Waals surface area contributed by atoms with Gasteiger partial charge >= 0.3 is 6.18 Å². The van der Waals surface area contributed by atoms with Crippen LogP contribution in [0.25, 0.3) is 0 Å². The zero-order chi connectivity index (χ0) is 12.5. The van der Waals surface area contributed by atoms with Crippen LogP contribution >= 0.6 is 7.44 Å². The van der Waals surface area contributed by atoms with E-state index in [1.54, 1.807) is 0 Å². The molecule has 0 saturated carbocycles. The summed E-state index contributed by atoms with van der Waals surface area (Å²) in [5.41, 5.74) is -0.732. The van der Waals surface area contributed by atoms with Gasteiger partial charge in [-0.15, -0.1) is 0 Å². The molecule has 0 unspecified atom stereocenters. The maximum absolute atomic E-state index is 12.4. The van der Waals surface area contributed by atoms with E-state index in [4.69, 9.17) is 0 Å². The maximum Gasteiger partial charge on any atom is 0.416 e. The van der Waals surface area contributed by atoms with Crippen molar-refractivity contribution >= 4 is 12.7 Å². The quantitative estimate of drug-likeness (QED) is 0.763. The topological polar surface area (TPSA) is 41.1 Å². The second-order valence-electron chi connectivity index (χ2n) is 3.82. The predicted molar refractivity (Wildman–Crippen MR) is 59.3 cm³/mol. The Morgan fingerprint density at radius 2 is 1.59 bits per heavy atom. The third-order valence-corrected chi connectivity index (χ3v) is 4.94. The van der Waals surface area contributed by atoms with Gasteiger partial charge in [-0.25, -0.2) is 0 Å². The maximum atomic E-state index is 12.4. The molecule has 0 spiro atoms. The highest BCUT2D eigenvalue weighted by molar-refractivity contribution is 7.67. The molecule has 0 atom stereocenters. The molecule has 1 saturated heterocycles. The Morgan fingerprint density at radius 1 is 1.06 bits per heavy atom. The Kier molecular flexibility index (Phi) is 3.30. The van der Waals surface area contributed by atoms with Crippen LogP contribution in [0.2, 0.25) is 0 Å². The Hall–Kier alpha value is -0.840. The Labute approximate surface area is 96.9 Å². The van der Waals surface area contributed by atoms with Crippen LogP contribution in [0.4, 0.5) is 13.2 Å². The second kappa shape index (κ2) is 4.44. The average molecular weight is 264 g/mol. The molecule has 1 aromatic rings. The molecule has 0 aliphatic carbocycles. The number of rotatable bonds is 1. The van der Waals surface area contributed by atoms with Crippen LogP contribution in [0.15, 0.2) is 24.3 Å². The van der Waals surface area contributed by atoms with E-state index in [9.17, 15) is 17.7 Å². The summed E-state index contributed by atoms with van der Waals surface area (Å²) in [6.07, 6.45) is -3.51. The lowest BCUT2D eigenvalue weighted by molar-refractivity contribution is -0.137. The first-order chi connectivity index (χ1) is 7.92. The van der Waals surface area contributed by atoms with Crippen LogP contribution in [0.3, 0.4) is 0 Å². The molecule has 2 rings (SSSR count). The molecule has 1 aromatic carbocycles. The van der Waals surface area contributed by atoms with Gasteiger partial charge in [0.1, 0.15) is 0 Å². The van der Waals surface area contributed by atoms with Gasteiger partial charge in [0.2, 0.25) is 7.44 Å². The van der Waals surface area contributed by atoms with Gasteiger partial charge in [0.05, 0.1) is 5.56 Å². The molecule has 17 heavy (non-hydrogen) atoms. The van der Waals surface area contributed by atoms with E-state index in [1.807, 2.05) is 0 Å². The van der Waals surface area contributed by atoms with E-state index in [-0.39, 0.29) is 0 Å². The molecule has 0 bridgehead atoms. The summed E-state index contributed by atoms with van der Waals surface area (Å²) >= 11 is 0. The molecule has 1 fully saturated rings. The minimum atomic E-state index is -4.36. The molecule has 0 amide bonds. The standard InChI is InChI=1S/C10H12F3N2OP/c11-10(12,13)8-2-4-9(5-3-8)17(16)14-6-1-7-15-17/h2-5H,1,6-7H2,(H2,14,15,16). The van der Waals surface area contributed by atoms with Crippen molar-refractivity contribution in [2.24, 2.45) is 0 Å². The summed E-state index contributed by atoms with van der Waals surface area (Å²) in [4.78, 5) is 0. The van der Waals surface area contributed by atoms with E-state index in [1.165, 1.54) is 12.1 Å². The van der Waals surface area contributed by atoms with E-state index in [0.29, 0.717) is 18.4 Å². The number of alkyl halides is 3. The molecule has 2 N–H and O–H groups in total. The van der Waals surface area contributed by atoms with E-state index in [0.717, 1.165) is 18.6 Å². The number of hydrogen-bond acceptors (Lipinski definition) is 1. The summed E-state index contributed by atoms with van der Waals surface area (Å²) in [5.74, 6) is 0. The van der Waals surface area contributed by atoms with Crippen LogP contribution in [0.5, 0.6) is 0 Å². The zero-order valence-corrected chi connectivity index (χ0v) is 9.81. The second-order valence-corrected chi connectivity index (χ2v) is 6.19. The van der Waals surface area contributed by atoms with Crippen LogP contribution in [0.1, 0.15) is 12.0 Å². The first kappa shape index (κ1) is 12.6. The average Bonchev–Trinajstić information content (AvgIpc) is 2.29. The smallest absolute Gasteiger partial charge is 0.284 e. The predicted octanol–water partition coefficient (Wildman–Crippen LogP) is 2.11. The summed E-state index contributed by atoms with van der Waals surface area (Å²) in [6.45, 7) is 1.20. The lowest BCUT2D eigenvalue weighted by Crippen LogP contribution is -2.36. The van der Waals surface area contributed by atoms with Gasteiger partial charge < -0.3 is 0 Å². The van der Waals surface area contributed by atoms with Crippen molar-refractivity contribution in [1.82, 2.24) is 10.2 Å². The first-order valence-corrected chi connectivity index (χ1v) is 6.91. The number of benzene rings is 1. The van der Waals surface area contributed by atoms with Crippen LogP contribution < -0.4 is 15.5 Å². The summed E-state index contributed by atoms with van der Waals surface area (Å²) in [7, 11) is -2.91. The van der Waals surface area contributed by atoms with E-state index < -0.39 is 19.2 Å². The van der Waals surface area contributed by atoms with Gasteiger partial charge in [0.25, 0.3) is 0 Å². The third-order valence-electron chi connectivity index (χ3n) is 2.58. The van der Waals surface area contributed by atoms with E-state index >= 15 is 0 Å². The minimum Gasteiger partial charge on any atom is -0.284 e. The summed E-state index contributed by atoms with van der Waals surface area (Å²) < 4.78 is 49.4. The van der Waals surface area contributed by atoms with Crippen LogP contribution in [-0.4, -0.2) is 13.1 Å². The van der Waals surface area contributed by atoms with Crippen LogP contribution in [-0.2, 0) is 10.7 Å². The highest BCUT2D eigenvalue weighted by atomic mass is 31.2. The fraction of sp³-hybridized carbons (Fsp3) is 0.400. The van der Waals surface area contributed by atoms with Gasteiger partial charge in [-0.2, -0.15) is 13.2 Å².